The van der Waals surface area contributed by atoms with Crippen LogP contribution in [0.2, 0.25) is 0 Å². The summed E-state index contributed by atoms with van der Waals surface area (Å²) in [6.07, 6.45) is 0. The van der Waals surface area contributed by atoms with Crippen molar-refractivity contribution in [2.75, 3.05) is 0 Å². The average molecular weight is 264 g/mol. The molecule has 0 heterocycles. The van der Waals surface area contributed by atoms with Gasteiger partial charge in [-0.15, -0.1) is 0 Å². The molecule has 104 valence electrons. The quantitative estimate of drug-likeness (QED) is 0.706. The van der Waals surface area contributed by atoms with Crippen LogP contribution < -0.4 is 11.1 Å². The number of aryl methyl sites for hydroxylation is 2. The SMILES string of the molecule is Cc1cc(C)c(C)c(CNC(=O)C(N)C(=O)O)c1C. The molecule has 1 amide bonds. The second-order valence-corrected chi connectivity index (χ2v) is 4.77. The Morgan fingerprint density at radius 3 is 2.11 bits per heavy atom. The van der Waals surface area contributed by atoms with E-state index in [4.69, 9.17) is 10.8 Å². The van der Waals surface area contributed by atoms with Crippen molar-refractivity contribution in [3.05, 3.63) is 33.9 Å². The molecule has 0 saturated carbocycles. The van der Waals surface area contributed by atoms with Gasteiger partial charge < -0.3 is 16.2 Å². The van der Waals surface area contributed by atoms with Gasteiger partial charge in [0.05, 0.1) is 0 Å². The number of carboxylic acids is 1. The first-order valence-corrected chi connectivity index (χ1v) is 6.08. The van der Waals surface area contributed by atoms with Crippen LogP contribution in [-0.4, -0.2) is 23.0 Å². The fourth-order valence-electron chi connectivity index (χ4n) is 1.96. The number of carbonyl (C=O) groups excluding carboxylic acids is 1. The predicted molar refractivity (Wildman–Crippen MR) is 72.8 cm³/mol. The Kier molecular flexibility index (Phi) is 4.67. The van der Waals surface area contributed by atoms with Crippen LogP contribution in [0.1, 0.15) is 27.8 Å². The van der Waals surface area contributed by atoms with Crippen LogP contribution in [0.25, 0.3) is 0 Å². The number of amides is 1. The first-order valence-electron chi connectivity index (χ1n) is 6.08. The molecule has 5 nitrogen and oxygen atoms in total. The summed E-state index contributed by atoms with van der Waals surface area (Å²) in [5, 5.41) is 11.2. The Hall–Kier alpha value is -1.88. The van der Waals surface area contributed by atoms with Gasteiger partial charge in [-0.1, -0.05) is 6.07 Å². The van der Waals surface area contributed by atoms with Gasteiger partial charge in [0, 0.05) is 6.54 Å². The van der Waals surface area contributed by atoms with Crippen LogP contribution in [-0.2, 0) is 16.1 Å². The zero-order chi connectivity index (χ0) is 14.7. The number of benzene rings is 1. The molecule has 0 aliphatic heterocycles. The lowest BCUT2D eigenvalue weighted by atomic mass is 9.94. The summed E-state index contributed by atoms with van der Waals surface area (Å²) in [5.74, 6) is -2.00. The fourth-order valence-corrected chi connectivity index (χ4v) is 1.96. The summed E-state index contributed by atoms with van der Waals surface area (Å²) >= 11 is 0. The van der Waals surface area contributed by atoms with Crippen LogP contribution in [0, 0.1) is 27.7 Å². The number of carboxylic acid groups (broad SMARTS) is 1. The van der Waals surface area contributed by atoms with Gasteiger partial charge >= 0.3 is 5.97 Å². The van der Waals surface area contributed by atoms with Crippen LogP contribution in [0.3, 0.4) is 0 Å². The molecule has 1 rings (SSSR count). The van der Waals surface area contributed by atoms with Crippen molar-refractivity contribution in [2.24, 2.45) is 5.73 Å². The van der Waals surface area contributed by atoms with Gasteiger partial charge in [-0.05, 0) is 55.5 Å². The topological polar surface area (TPSA) is 92.4 Å². The molecule has 0 spiro atoms. The van der Waals surface area contributed by atoms with E-state index in [1.54, 1.807) is 0 Å². The molecule has 0 fully saturated rings. The third-order valence-electron chi connectivity index (χ3n) is 3.51. The van der Waals surface area contributed by atoms with E-state index in [1.807, 2.05) is 27.7 Å². The molecule has 0 radical (unpaired) electrons. The van der Waals surface area contributed by atoms with Crippen LogP contribution >= 0.6 is 0 Å². The molecular weight excluding hydrogens is 244 g/mol. The maximum atomic E-state index is 11.5. The summed E-state index contributed by atoms with van der Waals surface area (Å²) in [6.45, 7) is 8.28. The van der Waals surface area contributed by atoms with Gasteiger partial charge in [-0.2, -0.15) is 0 Å². The Morgan fingerprint density at radius 1 is 1.21 bits per heavy atom. The Balaban J connectivity index is 2.90. The van der Waals surface area contributed by atoms with E-state index in [9.17, 15) is 9.59 Å². The van der Waals surface area contributed by atoms with Crippen molar-refractivity contribution >= 4 is 11.9 Å². The highest BCUT2D eigenvalue weighted by atomic mass is 16.4. The van der Waals surface area contributed by atoms with Crippen molar-refractivity contribution in [3.8, 4) is 0 Å². The Bertz CT molecular complexity index is 498. The lowest BCUT2D eigenvalue weighted by molar-refractivity contribution is -0.142. The minimum absolute atomic E-state index is 0.292. The fraction of sp³-hybridized carbons (Fsp3) is 0.429. The van der Waals surface area contributed by atoms with Gasteiger partial charge in [0.2, 0.25) is 5.91 Å². The molecule has 0 bridgehead atoms. The summed E-state index contributed by atoms with van der Waals surface area (Å²) in [6, 6.07) is 0.574. The van der Waals surface area contributed by atoms with E-state index in [0.717, 1.165) is 27.8 Å². The number of hydrogen-bond donors (Lipinski definition) is 3. The Labute approximate surface area is 112 Å². The standard InChI is InChI=1S/C14H20N2O3/c1-7-5-8(2)10(4)11(9(7)3)6-16-13(17)12(15)14(18)19/h5,12H,6,15H2,1-4H3,(H,16,17)(H,18,19). The zero-order valence-corrected chi connectivity index (χ0v) is 11.7. The van der Waals surface area contributed by atoms with Crippen molar-refractivity contribution in [1.29, 1.82) is 0 Å². The van der Waals surface area contributed by atoms with Crippen molar-refractivity contribution in [1.82, 2.24) is 5.32 Å². The van der Waals surface area contributed by atoms with Gasteiger partial charge in [0.25, 0.3) is 0 Å². The third kappa shape index (κ3) is 3.32. The van der Waals surface area contributed by atoms with E-state index in [2.05, 4.69) is 11.4 Å². The predicted octanol–water partition coefficient (Wildman–Crippen LogP) is 0.948. The highest BCUT2D eigenvalue weighted by molar-refractivity contribution is 6.00. The molecule has 5 heteroatoms. The average Bonchev–Trinajstić information content (AvgIpc) is 2.35. The highest BCUT2D eigenvalue weighted by Gasteiger charge is 2.21. The number of aliphatic carboxylic acids is 1. The molecule has 4 N–H and O–H groups in total. The van der Waals surface area contributed by atoms with Gasteiger partial charge in [-0.25, -0.2) is 4.79 Å². The van der Waals surface area contributed by atoms with E-state index in [-0.39, 0.29) is 0 Å². The van der Waals surface area contributed by atoms with E-state index in [1.165, 1.54) is 0 Å². The second kappa shape index (κ2) is 5.84. The zero-order valence-electron chi connectivity index (χ0n) is 11.7. The van der Waals surface area contributed by atoms with E-state index >= 15 is 0 Å². The summed E-state index contributed by atoms with van der Waals surface area (Å²) in [5.41, 5.74) is 10.8. The van der Waals surface area contributed by atoms with Gasteiger partial charge in [0.15, 0.2) is 6.04 Å². The number of nitrogens with two attached hydrogens (primary N) is 1. The first kappa shape index (κ1) is 15.2. The van der Waals surface area contributed by atoms with Crippen molar-refractivity contribution < 1.29 is 14.7 Å². The second-order valence-electron chi connectivity index (χ2n) is 4.77. The molecule has 1 atom stereocenters. The van der Waals surface area contributed by atoms with Crippen LogP contribution in [0.4, 0.5) is 0 Å². The minimum Gasteiger partial charge on any atom is -0.480 e. The van der Waals surface area contributed by atoms with E-state index < -0.39 is 17.9 Å². The normalized spacial score (nSPS) is 12.1. The van der Waals surface area contributed by atoms with Crippen molar-refractivity contribution in [2.45, 2.75) is 40.3 Å². The maximum absolute atomic E-state index is 11.5. The summed E-state index contributed by atoms with van der Waals surface area (Å²) in [4.78, 5) is 22.1. The molecule has 0 aliphatic rings. The monoisotopic (exact) mass is 264 g/mol. The Morgan fingerprint density at radius 2 is 1.68 bits per heavy atom. The number of carbonyl (C=O) groups is 2. The van der Waals surface area contributed by atoms with E-state index in [0.29, 0.717) is 6.54 Å². The van der Waals surface area contributed by atoms with Gasteiger partial charge in [-0.3, -0.25) is 4.79 Å². The molecule has 19 heavy (non-hydrogen) atoms. The molecule has 0 aromatic heterocycles. The molecule has 0 aliphatic carbocycles. The molecular formula is C14H20N2O3. The maximum Gasteiger partial charge on any atom is 0.330 e. The number of hydrogen-bond acceptors (Lipinski definition) is 3. The third-order valence-corrected chi connectivity index (χ3v) is 3.51. The van der Waals surface area contributed by atoms with Gasteiger partial charge in [0.1, 0.15) is 0 Å². The molecule has 1 unspecified atom stereocenters. The summed E-state index contributed by atoms with van der Waals surface area (Å²) < 4.78 is 0. The lowest BCUT2D eigenvalue weighted by Crippen LogP contribution is -2.45. The van der Waals surface area contributed by atoms with Crippen molar-refractivity contribution in [3.63, 3.8) is 0 Å². The van der Waals surface area contributed by atoms with Crippen LogP contribution in [0.15, 0.2) is 6.07 Å². The highest BCUT2D eigenvalue weighted by Crippen LogP contribution is 2.21. The largest absolute Gasteiger partial charge is 0.480 e. The number of nitrogens with one attached hydrogen (secondary N) is 1. The summed E-state index contributed by atoms with van der Waals surface area (Å²) in [7, 11) is 0. The minimum atomic E-state index is -1.52. The molecule has 1 aromatic rings. The first-order chi connectivity index (χ1) is 8.75. The lowest BCUT2D eigenvalue weighted by Gasteiger charge is -2.16. The molecule has 1 aromatic carbocycles. The number of rotatable bonds is 4. The molecule has 0 saturated heterocycles. The van der Waals surface area contributed by atoms with Crippen LogP contribution in [0.5, 0.6) is 0 Å². The smallest absolute Gasteiger partial charge is 0.330 e.